The van der Waals surface area contributed by atoms with E-state index in [1.54, 1.807) is 0 Å². The fourth-order valence-electron chi connectivity index (χ4n) is 3.15. The van der Waals surface area contributed by atoms with Gasteiger partial charge in [-0.05, 0) is 43.4 Å². The molecule has 3 atom stereocenters. The summed E-state index contributed by atoms with van der Waals surface area (Å²) in [5.74, 6) is 0.479. The van der Waals surface area contributed by atoms with Gasteiger partial charge in [0.25, 0.3) is 0 Å². The number of carbonyl (C=O) groups excluding carboxylic acids is 1. The van der Waals surface area contributed by atoms with E-state index < -0.39 is 0 Å². The van der Waals surface area contributed by atoms with Crippen LogP contribution in [-0.2, 0) is 16.0 Å². The molecule has 3 unspecified atom stereocenters. The molecule has 2 aliphatic rings. The van der Waals surface area contributed by atoms with Gasteiger partial charge < -0.3 is 10.1 Å². The summed E-state index contributed by atoms with van der Waals surface area (Å²) in [6.07, 6.45) is 3.67. The zero-order valence-electron chi connectivity index (χ0n) is 11.7. The number of hydrogen-bond acceptors (Lipinski definition) is 2. The number of halogens is 1. The maximum Gasteiger partial charge on any atom is 0.224 e. The summed E-state index contributed by atoms with van der Waals surface area (Å²) >= 11 is 6.65. The molecule has 0 aromatic heterocycles. The SMILES string of the molecule is CC1OCCC1C(Cl)c1ccc2c(c1)CCCC(=O)N2. The molecule has 1 saturated heterocycles. The number of carbonyl (C=O) groups is 1. The number of benzene rings is 1. The molecule has 0 bridgehead atoms. The number of ether oxygens (including phenoxy) is 1. The quantitative estimate of drug-likeness (QED) is 0.845. The number of anilines is 1. The van der Waals surface area contributed by atoms with Gasteiger partial charge in [-0.15, -0.1) is 11.6 Å². The van der Waals surface area contributed by atoms with Crippen LogP contribution < -0.4 is 5.32 Å². The molecular formula is C16H20ClNO2. The number of alkyl halides is 1. The Balaban J connectivity index is 1.84. The number of rotatable bonds is 2. The summed E-state index contributed by atoms with van der Waals surface area (Å²) in [5, 5.41) is 2.94. The molecule has 2 heterocycles. The van der Waals surface area contributed by atoms with Gasteiger partial charge in [0, 0.05) is 24.6 Å². The summed E-state index contributed by atoms with van der Waals surface area (Å²) in [7, 11) is 0. The van der Waals surface area contributed by atoms with E-state index in [-0.39, 0.29) is 17.4 Å². The van der Waals surface area contributed by atoms with Crippen molar-refractivity contribution in [1.82, 2.24) is 0 Å². The number of hydrogen-bond donors (Lipinski definition) is 1. The molecule has 0 aliphatic carbocycles. The van der Waals surface area contributed by atoms with Crippen LogP contribution in [0.2, 0.25) is 0 Å². The Morgan fingerprint density at radius 1 is 1.40 bits per heavy atom. The molecule has 4 heteroatoms. The third-order valence-electron chi connectivity index (χ3n) is 4.38. The van der Waals surface area contributed by atoms with Gasteiger partial charge in [0.05, 0.1) is 11.5 Å². The second-order valence-electron chi connectivity index (χ2n) is 5.75. The highest BCUT2D eigenvalue weighted by atomic mass is 35.5. The van der Waals surface area contributed by atoms with Gasteiger partial charge >= 0.3 is 0 Å². The Hall–Kier alpha value is -1.06. The Morgan fingerprint density at radius 2 is 2.25 bits per heavy atom. The Labute approximate surface area is 124 Å². The predicted octanol–water partition coefficient (Wildman–Crippen LogP) is 3.67. The van der Waals surface area contributed by atoms with Gasteiger partial charge in [0.15, 0.2) is 0 Å². The molecule has 3 nitrogen and oxygen atoms in total. The van der Waals surface area contributed by atoms with Crippen LogP contribution in [0.1, 0.15) is 42.7 Å². The van der Waals surface area contributed by atoms with E-state index in [2.05, 4.69) is 18.3 Å². The zero-order valence-corrected chi connectivity index (χ0v) is 12.5. The molecule has 3 rings (SSSR count). The van der Waals surface area contributed by atoms with Gasteiger partial charge in [-0.25, -0.2) is 0 Å². The molecule has 0 saturated carbocycles. The number of nitrogens with one attached hydrogen (secondary N) is 1. The maximum absolute atomic E-state index is 11.6. The second kappa shape index (κ2) is 5.74. The first-order valence-corrected chi connectivity index (χ1v) is 7.77. The molecule has 1 aromatic carbocycles. The van der Waals surface area contributed by atoms with Crippen molar-refractivity contribution < 1.29 is 9.53 Å². The minimum atomic E-state index is -0.0169. The average molecular weight is 294 g/mol. The highest BCUT2D eigenvalue weighted by Crippen LogP contribution is 2.39. The van der Waals surface area contributed by atoms with Gasteiger partial charge in [-0.3, -0.25) is 4.79 Å². The minimum Gasteiger partial charge on any atom is -0.378 e. The summed E-state index contributed by atoms with van der Waals surface area (Å²) in [6.45, 7) is 2.90. The van der Waals surface area contributed by atoms with Crippen LogP contribution in [-0.4, -0.2) is 18.6 Å². The van der Waals surface area contributed by atoms with Crippen LogP contribution in [0.3, 0.4) is 0 Å². The van der Waals surface area contributed by atoms with Crippen molar-refractivity contribution in [2.75, 3.05) is 11.9 Å². The van der Waals surface area contributed by atoms with Crippen molar-refractivity contribution in [1.29, 1.82) is 0 Å². The van der Waals surface area contributed by atoms with E-state index in [0.717, 1.165) is 37.1 Å². The molecule has 1 N–H and O–H groups in total. The van der Waals surface area contributed by atoms with E-state index >= 15 is 0 Å². The molecule has 0 radical (unpaired) electrons. The maximum atomic E-state index is 11.6. The summed E-state index contributed by atoms with van der Waals surface area (Å²) < 4.78 is 5.61. The second-order valence-corrected chi connectivity index (χ2v) is 6.22. The van der Waals surface area contributed by atoms with Crippen molar-refractivity contribution in [3.8, 4) is 0 Å². The lowest BCUT2D eigenvalue weighted by Gasteiger charge is -2.21. The minimum absolute atomic E-state index is 0.0169. The third kappa shape index (κ3) is 2.70. The van der Waals surface area contributed by atoms with E-state index in [4.69, 9.17) is 16.3 Å². The Bertz CT molecular complexity index is 517. The van der Waals surface area contributed by atoms with E-state index in [0.29, 0.717) is 12.3 Å². The summed E-state index contributed by atoms with van der Waals surface area (Å²) in [5.41, 5.74) is 3.28. The monoisotopic (exact) mass is 293 g/mol. The zero-order chi connectivity index (χ0) is 14.1. The molecule has 20 heavy (non-hydrogen) atoms. The van der Waals surface area contributed by atoms with Crippen molar-refractivity contribution in [3.63, 3.8) is 0 Å². The lowest BCUT2D eigenvalue weighted by atomic mass is 9.91. The van der Waals surface area contributed by atoms with Gasteiger partial charge in [0.1, 0.15) is 0 Å². The molecule has 0 spiro atoms. The molecule has 108 valence electrons. The van der Waals surface area contributed by atoms with Crippen molar-refractivity contribution in [2.45, 2.75) is 44.1 Å². The lowest BCUT2D eigenvalue weighted by Crippen LogP contribution is -2.16. The number of aryl methyl sites for hydroxylation is 1. The molecule has 2 aliphatic heterocycles. The highest BCUT2D eigenvalue weighted by molar-refractivity contribution is 6.21. The van der Waals surface area contributed by atoms with E-state index in [1.165, 1.54) is 5.56 Å². The fourth-order valence-corrected chi connectivity index (χ4v) is 3.61. The smallest absolute Gasteiger partial charge is 0.224 e. The Morgan fingerprint density at radius 3 is 3.00 bits per heavy atom. The first kappa shape index (κ1) is 13.9. The van der Waals surface area contributed by atoms with Gasteiger partial charge in [0.2, 0.25) is 5.91 Å². The number of fused-ring (bicyclic) bond motifs is 1. The van der Waals surface area contributed by atoms with Crippen molar-refractivity contribution in [2.24, 2.45) is 5.92 Å². The first-order chi connectivity index (χ1) is 9.65. The van der Waals surface area contributed by atoms with Crippen LogP contribution in [0.15, 0.2) is 18.2 Å². The largest absolute Gasteiger partial charge is 0.378 e. The van der Waals surface area contributed by atoms with Crippen molar-refractivity contribution >= 4 is 23.2 Å². The average Bonchev–Trinajstić information content (AvgIpc) is 2.76. The van der Waals surface area contributed by atoms with Crippen LogP contribution in [0.25, 0.3) is 0 Å². The predicted molar refractivity (Wildman–Crippen MR) is 80.1 cm³/mol. The van der Waals surface area contributed by atoms with Crippen LogP contribution in [0.5, 0.6) is 0 Å². The van der Waals surface area contributed by atoms with Gasteiger partial charge in [-0.2, -0.15) is 0 Å². The fraction of sp³-hybridized carbons (Fsp3) is 0.562. The van der Waals surface area contributed by atoms with Crippen LogP contribution in [0, 0.1) is 5.92 Å². The molecule has 1 fully saturated rings. The highest BCUT2D eigenvalue weighted by Gasteiger charge is 2.32. The number of amides is 1. The van der Waals surface area contributed by atoms with Crippen LogP contribution in [0.4, 0.5) is 5.69 Å². The first-order valence-electron chi connectivity index (χ1n) is 7.33. The lowest BCUT2D eigenvalue weighted by molar-refractivity contribution is -0.116. The third-order valence-corrected chi connectivity index (χ3v) is 4.96. The molecule has 1 aromatic rings. The summed E-state index contributed by atoms with van der Waals surface area (Å²) in [6, 6.07) is 6.18. The van der Waals surface area contributed by atoms with Crippen LogP contribution >= 0.6 is 11.6 Å². The molecular weight excluding hydrogens is 274 g/mol. The van der Waals surface area contributed by atoms with E-state index in [9.17, 15) is 4.79 Å². The van der Waals surface area contributed by atoms with Crippen molar-refractivity contribution in [3.05, 3.63) is 29.3 Å². The standard InChI is InChI=1S/C16H20ClNO2/c1-10-13(7-8-20-10)16(17)12-5-6-14-11(9-12)3-2-4-15(19)18-14/h5-6,9-10,13,16H,2-4,7-8H2,1H3,(H,18,19). The molecule has 1 amide bonds. The Kier molecular flexibility index (Phi) is 3.99. The van der Waals surface area contributed by atoms with Gasteiger partial charge in [-0.1, -0.05) is 12.1 Å². The van der Waals surface area contributed by atoms with E-state index in [1.807, 2.05) is 12.1 Å². The normalized spacial score (nSPS) is 27.6. The topological polar surface area (TPSA) is 38.3 Å². The summed E-state index contributed by atoms with van der Waals surface area (Å²) in [4.78, 5) is 11.6.